The van der Waals surface area contributed by atoms with E-state index in [1.165, 1.54) is 13.0 Å². The maximum Gasteiger partial charge on any atom is 0.333 e. The number of hydrogen-bond acceptors (Lipinski definition) is 7. The average Bonchev–Trinajstić information content (AvgIpc) is 2.78. The molecule has 166 valence electrons. The molecule has 2 aromatic rings. The third-order valence-corrected chi connectivity index (χ3v) is 4.36. The molecule has 1 saturated heterocycles. The molecule has 0 bridgehead atoms. The van der Waals surface area contributed by atoms with Gasteiger partial charge in [-0.2, -0.15) is 0 Å². The molecular formula is C23H22N2O7. The van der Waals surface area contributed by atoms with Crippen molar-refractivity contribution in [3.63, 3.8) is 0 Å². The van der Waals surface area contributed by atoms with Gasteiger partial charge in [-0.25, -0.2) is 9.69 Å². The number of hydrogen-bond donors (Lipinski definition) is 1. The van der Waals surface area contributed by atoms with E-state index in [-0.39, 0.29) is 18.8 Å². The van der Waals surface area contributed by atoms with Crippen molar-refractivity contribution in [3.05, 3.63) is 71.3 Å². The Kier molecular flexibility index (Phi) is 7.71. The van der Waals surface area contributed by atoms with Crippen LogP contribution in [-0.2, 0) is 30.5 Å². The van der Waals surface area contributed by atoms with Crippen molar-refractivity contribution >= 4 is 29.9 Å². The van der Waals surface area contributed by atoms with E-state index in [1.54, 1.807) is 24.3 Å². The summed E-state index contributed by atoms with van der Waals surface area (Å²) in [6, 6.07) is 15.6. The van der Waals surface area contributed by atoms with Crippen LogP contribution in [0, 0.1) is 0 Å². The number of urea groups is 1. The Morgan fingerprint density at radius 3 is 2.56 bits per heavy atom. The van der Waals surface area contributed by atoms with Gasteiger partial charge < -0.3 is 14.2 Å². The molecule has 1 aliphatic rings. The Hall–Kier alpha value is -3.98. The standard InChI is InChI=1S/C23H22N2O7/c1-16(26)31-11-10-30-15-25-22(28)20(21(27)24-23(25)29)13-18-8-5-9-19(12-18)32-14-17-6-3-2-4-7-17/h2-9,12-13H,10-11,14-15H2,1H3,(H,24,27,29)/b20-13+. The average molecular weight is 438 g/mol. The van der Waals surface area contributed by atoms with Gasteiger partial charge in [0.1, 0.15) is 31.3 Å². The van der Waals surface area contributed by atoms with E-state index < -0.39 is 30.5 Å². The quantitative estimate of drug-likeness (QED) is 0.277. The molecule has 1 heterocycles. The summed E-state index contributed by atoms with van der Waals surface area (Å²) in [5.41, 5.74) is 1.34. The summed E-state index contributed by atoms with van der Waals surface area (Å²) in [4.78, 5) is 48.5. The molecule has 0 spiro atoms. The summed E-state index contributed by atoms with van der Waals surface area (Å²) < 4.78 is 15.7. The topological polar surface area (TPSA) is 111 Å². The number of imide groups is 2. The first kappa shape index (κ1) is 22.7. The van der Waals surface area contributed by atoms with E-state index in [1.807, 2.05) is 30.3 Å². The number of amides is 4. The van der Waals surface area contributed by atoms with Gasteiger partial charge in [-0.1, -0.05) is 42.5 Å². The highest BCUT2D eigenvalue weighted by molar-refractivity contribution is 6.30. The number of nitrogens with zero attached hydrogens (tertiary/aromatic N) is 1. The van der Waals surface area contributed by atoms with Crippen LogP contribution in [-0.4, -0.2) is 48.7 Å². The van der Waals surface area contributed by atoms with Crippen LogP contribution in [0.1, 0.15) is 18.1 Å². The molecule has 1 aliphatic heterocycles. The summed E-state index contributed by atoms with van der Waals surface area (Å²) in [6.45, 7) is 1.21. The number of rotatable bonds is 9. The van der Waals surface area contributed by atoms with Crippen LogP contribution in [0.15, 0.2) is 60.2 Å². The number of ether oxygens (including phenoxy) is 3. The highest BCUT2D eigenvalue weighted by atomic mass is 16.6. The predicted octanol–water partition coefficient (Wildman–Crippen LogP) is 2.26. The molecule has 0 aliphatic carbocycles. The lowest BCUT2D eigenvalue weighted by atomic mass is 10.1. The van der Waals surface area contributed by atoms with Crippen molar-refractivity contribution < 1.29 is 33.4 Å². The largest absolute Gasteiger partial charge is 0.489 e. The van der Waals surface area contributed by atoms with Crippen molar-refractivity contribution in [3.8, 4) is 5.75 Å². The molecule has 0 aromatic heterocycles. The lowest BCUT2D eigenvalue weighted by Crippen LogP contribution is -2.54. The van der Waals surface area contributed by atoms with Crippen molar-refractivity contribution in [2.24, 2.45) is 0 Å². The molecule has 32 heavy (non-hydrogen) atoms. The predicted molar refractivity (Wildman–Crippen MR) is 113 cm³/mol. The van der Waals surface area contributed by atoms with Gasteiger partial charge in [0.15, 0.2) is 0 Å². The second kappa shape index (κ2) is 10.9. The first-order valence-electron chi connectivity index (χ1n) is 9.81. The normalized spacial score (nSPS) is 15.0. The van der Waals surface area contributed by atoms with Crippen molar-refractivity contribution in [2.75, 3.05) is 19.9 Å². The third kappa shape index (κ3) is 6.26. The molecule has 1 fully saturated rings. The number of barbiturate groups is 1. The van der Waals surface area contributed by atoms with E-state index in [0.29, 0.717) is 17.9 Å². The van der Waals surface area contributed by atoms with Crippen molar-refractivity contribution in [2.45, 2.75) is 13.5 Å². The smallest absolute Gasteiger partial charge is 0.333 e. The third-order valence-electron chi connectivity index (χ3n) is 4.36. The molecule has 9 heteroatoms. The minimum Gasteiger partial charge on any atom is -0.489 e. The van der Waals surface area contributed by atoms with Crippen LogP contribution in [0.3, 0.4) is 0 Å². The Balaban J connectivity index is 1.66. The molecule has 0 radical (unpaired) electrons. The highest BCUT2D eigenvalue weighted by Crippen LogP contribution is 2.19. The fourth-order valence-electron chi connectivity index (χ4n) is 2.81. The maximum absolute atomic E-state index is 12.7. The molecule has 0 saturated carbocycles. The Morgan fingerprint density at radius 2 is 1.81 bits per heavy atom. The van der Waals surface area contributed by atoms with E-state index >= 15 is 0 Å². The molecular weight excluding hydrogens is 416 g/mol. The number of nitrogens with one attached hydrogen (secondary N) is 1. The zero-order valence-corrected chi connectivity index (χ0v) is 17.4. The van der Waals surface area contributed by atoms with Gasteiger partial charge in [0.25, 0.3) is 11.8 Å². The fourth-order valence-corrected chi connectivity index (χ4v) is 2.81. The number of carbonyl (C=O) groups excluding carboxylic acids is 4. The minimum atomic E-state index is -0.885. The Labute approximate surface area is 184 Å². The fraction of sp³-hybridized carbons (Fsp3) is 0.217. The lowest BCUT2D eigenvalue weighted by molar-refractivity contribution is -0.144. The van der Waals surface area contributed by atoms with Crippen molar-refractivity contribution in [1.29, 1.82) is 0 Å². The summed E-state index contributed by atoms with van der Waals surface area (Å²) in [5, 5.41) is 2.11. The van der Waals surface area contributed by atoms with E-state index in [4.69, 9.17) is 14.2 Å². The molecule has 2 aromatic carbocycles. The Bertz CT molecular complexity index is 1030. The van der Waals surface area contributed by atoms with Crippen LogP contribution in [0.2, 0.25) is 0 Å². The van der Waals surface area contributed by atoms with Gasteiger partial charge in [-0.15, -0.1) is 0 Å². The monoisotopic (exact) mass is 438 g/mol. The number of esters is 1. The lowest BCUT2D eigenvalue weighted by Gasteiger charge is -2.26. The first-order valence-corrected chi connectivity index (χ1v) is 9.81. The molecule has 9 nitrogen and oxygen atoms in total. The Morgan fingerprint density at radius 1 is 1.03 bits per heavy atom. The maximum atomic E-state index is 12.7. The second-order valence-electron chi connectivity index (χ2n) is 6.77. The summed E-state index contributed by atoms with van der Waals surface area (Å²) >= 11 is 0. The second-order valence-corrected chi connectivity index (χ2v) is 6.77. The van der Waals surface area contributed by atoms with Crippen LogP contribution in [0.5, 0.6) is 5.75 Å². The molecule has 3 rings (SSSR count). The van der Waals surface area contributed by atoms with Gasteiger partial charge in [-0.3, -0.25) is 19.7 Å². The van der Waals surface area contributed by atoms with Crippen LogP contribution in [0.4, 0.5) is 4.79 Å². The van der Waals surface area contributed by atoms with Gasteiger partial charge in [0.2, 0.25) is 0 Å². The zero-order valence-electron chi connectivity index (χ0n) is 17.4. The SMILES string of the molecule is CC(=O)OCCOCN1C(=O)NC(=O)/C(=C\c2cccc(OCc3ccccc3)c2)C1=O. The van der Waals surface area contributed by atoms with Gasteiger partial charge in [-0.05, 0) is 29.3 Å². The summed E-state index contributed by atoms with van der Waals surface area (Å²) in [7, 11) is 0. The molecule has 0 unspecified atom stereocenters. The van der Waals surface area contributed by atoms with E-state index in [2.05, 4.69) is 5.32 Å². The highest BCUT2D eigenvalue weighted by Gasteiger charge is 2.35. The molecule has 1 N–H and O–H groups in total. The number of carbonyl (C=O) groups is 4. The van der Waals surface area contributed by atoms with Gasteiger partial charge in [0, 0.05) is 6.92 Å². The molecule has 0 atom stereocenters. The van der Waals surface area contributed by atoms with Crippen LogP contribution < -0.4 is 10.1 Å². The van der Waals surface area contributed by atoms with Gasteiger partial charge >= 0.3 is 12.0 Å². The zero-order chi connectivity index (χ0) is 22.9. The van der Waals surface area contributed by atoms with Crippen molar-refractivity contribution in [1.82, 2.24) is 10.2 Å². The molecule has 4 amide bonds. The van der Waals surface area contributed by atoms with Gasteiger partial charge in [0.05, 0.1) is 6.61 Å². The van der Waals surface area contributed by atoms with Crippen LogP contribution in [0.25, 0.3) is 6.08 Å². The minimum absolute atomic E-state index is 0.00949. The van der Waals surface area contributed by atoms with E-state index in [9.17, 15) is 19.2 Å². The van der Waals surface area contributed by atoms with Crippen LogP contribution >= 0.6 is 0 Å². The number of benzene rings is 2. The first-order chi connectivity index (χ1) is 15.4. The van der Waals surface area contributed by atoms with E-state index in [0.717, 1.165) is 10.5 Å². The summed E-state index contributed by atoms with van der Waals surface area (Å²) in [6.07, 6.45) is 1.38. The summed E-state index contributed by atoms with van der Waals surface area (Å²) in [5.74, 6) is -1.49.